The van der Waals surface area contributed by atoms with Crippen LogP contribution in [0, 0.1) is 0 Å². The van der Waals surface area contributed by atoms with Crippen molar-refractivity contribution in [1.82, 2.24) is 19.7 Å². The van der Waals surface area contributed by atoms with Crippen LogP contribution in [-0.4, -0.2) is 28.0 Å². The summed E-state index contributed by atoms with van der Waals surface area (Å²) in [7, 11) is 1.97. The molecule has 15 heavy (non-hydrogen) atoms. The monoisotopic (exact) mass is 204 g/mol. The normalized spacial score (nSPS) is 11.1. The molecule has 0 saturated carbocycles. The van der Waals surface area contributed by atoms with Crippen LogP contribution in [0.15, 0.2) is 18.5 Å². The lowest BCUT2D eigenvalue weighted by Crippen LogP contribution is -2.12. The van der Waals surface area contributed by atoms with Gasteiger partial charge >= 0.3 is 0 Å². The van der Waals surface area contributed by atoms with E-state index in [4.69, 9.17) is 0 Å². The first-order valence-electron chi connectivity index (χ1n) is 5.32. The first kappa shape index (κ1) is 10.1. The van der Waals surface area contributed by atoms with Gasteiger partial charge in [-0.3, -0.25) is 4.40 Å². The van der Waals surface area contributed by atoms with Crippen LogP contribution in [-0.2, 0) is 12.8 Å². The third-order valence-corrected chi connectivity index (χ3v) is 2.53. The first-order valence-corrected chi connectivity index (χ1v) is 5.32. The quantitative estimate of drug-likeness (QED) is 0.809. The lowest BCUT2D eigenvalue weighted by molar-refractivity contribution is 0.761. The predicted octanol–water partition coefficient (Wildman–Crippen LogP) is 1.05. The van der Waals surface area contributed by atoms with E-state index in [2.05, 4.69) is 26.6 Å². The van der Waals surface area contributed by atoms with Gasteiger partial charge in [-0.15, -0.1) is 0 Å². The molecule has 2 aromatic heterocycles. The van der Waals surface area contributed by atoms with Crippen LogP contribution < -0.4 is 5.32 Å². The number of imidazole rings is 1. The minimum Gasteiger partial charge on any atom is -0.319 e. The van der Waals surface area contributed by atoms with E-state index in [9.17, 15) is 0 Å². The Hall–Kier alpha value is -1.42. The average molecular weight is 204 g/mol. The number of likely N-dealkylation sites (N-methyl/N-ethyl adjacent to an activating group) is 1. The van der Waals surface area contributed by atoms with Crippen molar-refractivity contribution in [1.29, 1.82) is 0 Å². The zero-order chi connectivity index (χ0) is 10.7. The summed E-state index contributed by atoms with van der Waals surface area (Å²) in [6, 6.07) is 1.94. The van der Waals surface area contributed by atoms with E-state index in [1.165, 1.54) is 5.69 Å². The van der Waals surface area contributed by atoms with Crippen LogP contribution >= 0.6 is 0 Å². The molecule has 0 aromatic carbocycles. The van der Waals surface area contributed by atoms with Crippen LogP contribution in [0.1, 0.15) is 18.3 Å². The smallest absolute Gasteiger partial charge is 0.234 e. The number of fused-ring (bicyclic) bond motifs is 1. The van der Waals surface area contributed by atoms with Gasteiger partial charge in [-0.05, 0) is 19.5 Å². The van der Waals surface area contributed by atoms with Gasteiger partial charge in [-0.25, -0.2) is 9.97 Å². The van der Waals surface area contributed by atoms with Crippen LogP contribution in [0.3, 0.4) is 0 Å². The first-order chi connectivity index (χ1) is 7.36. The van der Waals surface area contributed by atoms with Gasteiger partial charge in [-0.2, -0.15) is 0 Å². The van der Waals surface area contributed by atoms with Crippen molar-refractivity contribution >= 4 is 5.78 Å². The molecule has 0 aliphatic carbocycles. The summed E-state index contributed by atoms with van der Waals surface area (Å²) in [6.07, 6.45) is 5.76. The molecule has 0 radical (unpaired) electrons. The molecule has 0 fully saturated rings. The molecule has 0 spiro atoms. The van der Waals surface area contributed by atoms with Gasteiger partial charge in [-0.1, -0.05) is 6.92 Å². The van der Waals surface area contributed by atoms with E-state index in [0.29, 0.717) is 0 Å². The highest BCUT2D eigenvalue weighted by molar-refractivity contribution is 5.35. The Labute approximate surface area is 89.4 Å². The average Bonchev–Trinajstić information content (AvgIpc) is 2.64. The summed E-state index contributed by atoms with van der Waals surface area (Å²) in [6.45, 7) is 3.10. The lowest BCUT2D eigenvalue weighted by Gasteiger charge is -2.02. The summed E-state index contributed by atoms with van der Waals surface area (Å²) >= 11 is 0. The molecule has 0 bridgehead atoms. The third-order valence-electron chi connectivity index (χ3n) is 2.53. The van der Waals surface area contributed by atoms with Gasteiger partial charge in [0.25, 0.3) is 0 Å². The summed E-state index contributed by atoms with van der Waals surface area (Å²) < 4.78 is 2.08. The molecule has 2 heterocycles. The molecular formula is C11H16N4. The molecule has 4 nitrogen and oxygen atoms in total. The van der Waals surface area contributed by atoms with Gasteiger partial charge in [0.15, 0.2) is 0 Å². The van der Waals surface area contributed by atoms with E-state index in [1.54, 1.807) is 6.20 Å². The van der Waals surface area contributed by atoms with Crippen LogP contribution in [0.2, 0.25) is 0 Å². The molecule has 0 unspecified atom stereocenters. The highest BCUT2D eigenvalue weighted by Crippen LogP contribution is 2.11. The maximum absolute atomic E-state index is 4.51. The molecule has 4 heteroatoms. The second-order valence-corrected chi connectivity index (χ2v) is 3.50. The highest BCUT2D eigenvalue weighted by Gasteiger charge is 2.09. The van der Waals surface area contributed by atoms with E-state index >= 15 is 0 Å². The molecule has 0 aliphatic rings. The van der Waals surface area contributed by atoms with Crippen molar-refractivity contribution in [2.75, 3.05) is 13.6 Å². The minimum absolute atomic E-state index is 0.806. The Bertz CT molecular complexity index is 447. The molecule has 0 atom stereocenters. The number of hydrogen-bond acceptors (Lipinski definition) is 3. The van der Waals surface area contributed by atoms with Gasteiger partial charge < -0.3 is 5.32 Å². The Morgan fingerprint density at radius 2 is 2.33 bits per heavy atom. The molecular weight excluding hydrogens is 188 g/mol. The van der Waals surface area contributed by atoms with Crippen molar-refractivity contribution in [2.45, 2.75) is 19.8 Å². The maximum atomic E-state index is 4.51. The highest BCUT2D eigenvalue weighted by atomic mass is 15.1. The predicted molar refractivity (Wildman–Crippen MR) is 60.0 cm³/mol. The number of nitrogens with one attached hydrogen (secondary N) is 1. The van der Waals surface area contributed by atoms with Crippen molar-refractivity contribution < 1.29 is 0 Å². The van der Waals surface area contributed by atoms with Gasteiger partial charge in [0.05, 0.1) is 5.69 Å². The maximum Gasteiger partial charge on any atom is 0.234 e. The van der Waals surface area contributed by atoms with E-state index in [1.807, 2.05) is 19.3 Å². The zero-order valence-electron chi connectivity index (χ0n) is 9.20. The number of aromatic nitrogens is 3. The second kappa shape index (κ2) is 4.40. The van der Waals surface area contributed by atoms with Crippen molar-refractivity contribution in [3.8, 4) is 0 Å². The number of hydrogen-bond donors (Lipinski definition) is 1. The number of rotatable bonds is 4. The van der Waals surface area contributed by atoms with Crippen molar-refractivity contribution in [3.63, 3.8) is 0 Å². The zero-order valence-corrected chi connectivity index (χ0v) is 9.20. The second-order valence-electron chi connectivity index (χ2n) is 3.50. The molecule has 2 aromatic rings. The van der Waals surface area contributed by atoms with Crippen LogP contribution in [0.25, 0.3) is 5.78 Å². The fourth-order valence-corrected chi connectivity index (χ4v) is 1.77. The van der Waals surface area contributed by atoms with Crippen LogP contribution in [0.5, 0.6) is 0 Å². The van der Waals surface area contributed by atoms with Gasteiger partial charge in [0.1, 0.15) is 0 Å². The third kappa shape index (κ3) is 1.85. The van der Waals surface area contributed by atoms with Crippen molar-refractivity contribution in [2.24, 2.45) is 0 Å². The fraction of sp³-hybridized carbons (Fsp3) is 0.455. The molecule has 0 amide bonds. The minimum atomic E-state index is 0.806. The topological polar surface area (TPSA) is 42.2 Å². The Balaban J connectivity index is 2.47. The van der Waals surface area contributed by atoms with Gasteiger partial charge in [0.2, 0.25) is 5.78 Å². The molecule has 1 N–H and O–H groups in total. The molecule has 2 rings (SSSR count). The Morgan fingerprint density at radius 3 is 3.07 bits per heavy atom. The summed E-state index contributed by atoms with van der Waals surface area (Å²) in [5, 5.41) is 3.16. The summed E-state index contributed by atoms with van der Waals surface area (Å²) in [5.41, 5.74) is 2.43. The van der Waals surface area contributed by atoms with Crippen LogP contribution in [0.4, 0.5) is 0 Å². The molecule has 80 valence electrons. The fourth-order valence-electron chi connectivity index (χ4n) is 1.77. The summed E-state index contributed by atoms with van der Waals surface area (Å²) in [4.78, 5) is 8.76. The van der Waals surface area contributed by atoms with E-state index in [-0.39, 0.29) is 0 Å². The largest absolute Gasteiger partial charge is 0.319 e. The summed E-state index contributed by atoms with van der Waals surface area (Å²) in [5.74, 6) is 0.806. The lowest BCUT2D eigenvalue weighted by atomic mass is 10.2. The standard InChI is InChI=1S/C11H16N4/c1-3-9-10(5-7-12-2)15-8-4-6-13-11(15)14-9/h4,6,8,12H,3,5,7H2,1-2H3. The number of aryl methyl sites for hydroxylation is 1. The SMILES string of the molecule is CCc1nc2ncccn2c1CCNC. The Kier molecular flexibility index (Phi) is 2.97. The van der Waals surface area contributed by atoms with Gasteiger partial charge in [0, 0.05) is 31.1 Å². The molecule has 0 aliphatic heterocycles. The van der Waals surface area contributed by atoms with Crippen molar-refractivity contribution in [3.05, 3.63) is 29.8 Å². The van der Waals surface area contributed by atoms with E-state index in [0.717, 1.165) is 30.9 Å². The van der Waals surface area contributed by atoms with E-state index < -0.39 is 0 Å². The molecule has 0 saturated heterocycles. The Morgan fingerprint density at radius 1 is 1.47 bits per heavy atom. The number of nitrogens with zero attached hydrogens (tertiary/aromatic N) is 3.